The van der Waals surface area contributed by atoms with Gasteiger partial charge in [-0.15, -0.1) is 11.3 Å². The number of rotatable bonds is 3. The lowest BCUT2D eigenvalue weighted by atomic mass is 10.1. The summed E-state index contributed by atoms with van der Waals surface area (Å²) in [4.78, 5) is 29.8. The summed E-state index contributed by atoms with van der Waals surface area (Å²) in [7, 11) is -2.52. The molecule has 0 radical (unpaired) electrons. The van der Waals surface area contributed by atoms with Crippen LogP contribution < -0.4 is 5.32 Å². The molecule has 0 saturated carbocycles. The van der Waals surface area contributed by atoms with Crippen LogP contribution in [0.4, 0.5) is 8.78 Å². The van der Waals surface area contributed by atoms with Crippen LogP contribution in [0.1, 0.15) is 46.5 Å². The molecular formula is C15H21F2N3O4S2. The van der Waals surface area contributed by atoms with Gasteiger partial charge in [0.2, 0.25) is 0 Å². The highest BCUT2D eigenvalue weighted by Gasteiger charge is 2.45. The molecule has 0 spiro atoms. The number of nitrogens with zero attached hydrogens (tertiary/aromatic N) is 2. The minimum Gasteiger partial charge on any atom is -0.347 e. The van der Waals surface area contributed by atoms with Gasteiger partial charge in [-0.1, -0.05) is 0 Å². The van der Waals surface area contributed by atoms with Crippen molar-refractivity contribution < 1.29 is 27.5 Å². The van der Waals surface area contributed by atoms with Gasteiger partial charge in [-0.25, -0.2) is 13.8 Å². The predicted molar refractivity (Wildman–Crippen MR) is 95.2 cm³/mol. The van der Waals surface area contributed by atoms with Gasteiger partial charge < -0.3 is 10.2 Å². The van der Waals surface area contributed by atoms with E-state index in [0.717, 1.165) is 16.2 Å². The quantitative estimate of drug-likeness (QED) is 0.712. The smallest absolute Gasteiger partial charge is 0.280 e. The van der Waals surface area contributed by atoms with Crippen molar-refractivity contribution in [1.29, 1.82) is 0 Å². The Labute approximate surface area is 155 Å². The van der Waals surface area contributed by atoms with Crippen LogP contribution in [0.25, 0.3) is 0 Å². The molecule has 0 unspecified atom stereocenters. The molecule has 2 fully saturated rings. The summed E-state index contributed by atoms with van der Waals surface area (Å²) < 4.78 is 46.1. The molecule has 3 heterocycles. The zero-order valence-corrected chi connectivity index (χ0v) is 15.8. The second-order valence-corrected chi connectivity index (χ2v) is 10.1. The number of hydrogen-bond acceptors (Lipinski definition) is 6. The van der Waals surface area contributed by atoms with Crippen LogP contribution in [0.3, 0.4) is 0 Å². The standard InChI is InChI=1S/C15H21F2N3O4S2/c1-9-6-15(16,17)8-20(9)14(22)11-7-25-13(19-11)12(21)18-10-2-4-26(23,24)5-3-10/h7,9-10,23-24H,2-6,8H2,1H3,(H,18,21)/t9-/m0/s1. The second kappa shape index (κ2) is 7.02. The first kappa shape index (κ1) is 19.5. The number of thiazole rings is 1. The van der Waals surface area contributed by atoms with Crippen molar-refractivity contribution in [3.8, 4) is 0 Å². The highest BCUT2D eigenvalue weighted by molar-refractivity contribution is 8.24. The van der Waals surface area contributed by atoms with Crippen LogP contribution in [0.5, 0.6) is 0 Å². The molecule has 3 rings (SSSR count). The third-order valence-corrected chi connectivity index (χ3v) is 7.25. The Kier molecular flexibility index (Phi) is 5.26. The van der Waals surface area contributed by atoms with Crippen molar-refractivity contribution in [2.75, 3.05) is 18.1 Å². The highest BCUT2D eigenvalue weighted by atomic mass is 32.3. The van der Waals surface area contributed by atoms with Crippen LogP contribution in [0.2, 0.25) is 0 Å². The number of amides is 2. The van der Waals surface area contributed by atoms with E-state index in [0.29, 0.717) is 12.8 Å². The molecule has 0 aliphatic carbocycles. The number of alkyl halides is 2. The van der Waals surface area contributed by atoms with Gasteiger partial charge in [0.1, 0.15) is 5.69 Å². The lowest BCUT2D eigenvalue weighted by Gasteiger charge is -2.39. The Morgan fingerprint density at radius 3 is 2.62 bits per heavy atom. The van der Waals surface area contributed by atoms with Gasteiger partial charge in [0.05, 0.1) is 6.54 Å². The van der Waals surface area contributed by atoms with Crippen molar-refractivity contribution in [3.05, 3.63) is 16.1 Å². The fourth-order valence-corrected chi connectivity index (χ4v) is 5.43. The number of carbonyl (C=O) groups excluding carboxylic acids is 2. The van der Waals surface area contributed by atoms with Crippen LogP contribution in [-0.2, 0) is 0 Å². The lowest BCUT2D eigenvalue weighted by molar-refractivity contribution is 0.0117. The summed E-state index contributed by atoms with van der Waals surface area (Å²) in [6, 6.07) is -0.763. The van der Waals surface area contributed by atoms with E-state index in [1.54, 1.807) is 6.92 Å². The molecule has 2 amide bonds. The molecule has 7 nitrogen and oxygen atoms in total. The predicted octanol–water partition coefficient (Wildman–Crippen LogP) is 2.66. The minimum atomic E-state index is -2.90. The van der Waals surface area contributed by atoms with Crippen molar-refractivity contribution in [2.45, 2.75) is 44.2 Å². The summed E-state index contributed by atoms with van der Waals surface area (Å²) in [5, 5.41) is 4.26. The SMILES string of the molecule is C[C@H]1CC(F)(F)CN1C(=O)c1csc(C(=O)NC2CCS(O)(O)CC2)n1. The second-order valence-electron chi connectivity index (χ2n) is 6.84. The zero-order valence-electron chi connectivity index (χ0n) is 14.2. The largest absolute Gasteiger partial charge is 0.347 e. The average Bonchev–Trinajstić information content (AvgIpc) is 3.13. The van der Waals surface area contributed by atoms with E-state index in [9.17, 15) is 27.5 Å². The van der Waals surface area contributed by atoms with Gasteiger partial charge in [0.15, 0.2) is 5.01 Å². The van der Waals surface area contributed by atoms with Gasteiger partial charge in [-0.05, 0) is 19.8 Å². The third kappa shape index (κ3) is 4.33. The number of hydrogen-bond donors (Lipinski definition) is 3. The topological polar surface area (TPSA) is 103 Å². The van der Waals surface area contributed by atoms with Crippen LogP contribution in [0.15, 0.2) is 5.38 Å². The first-order chi connectivity index (χ1) is 12.1. The number of nitrogens with one attached hydrogen (secondary N) is 1. The van der Waals surface area contributed by atoms with Gasteiger partial charge in [0, 0.05) is 35.4 Å². The van der Waals surface area contributed by atoms with Gasteiger partial charge in [-0.2, -0.15) is 10.6 Å². The van der Waals surface area contributed by atoms with Crippen LogP contribution >= 0.6 is 21.9 Å². The van der Waals surface area contributed by atoms with E-state index in [1.807, 2.05) is 0 Å². The van der Waals surface area contributed by atoms with E-state index >= 15 is 0 Å². The maximum absolute atomic E-state index is 13.5. The van der Waals surface area contributed by atoms with Gasteiger partial charge in [-0.3, -0.25) is 18.7 Å². The molecule has 146 valence electrons. The molecule has 11 heteroatoms. The average molecular weight is 409 g/mol. The van der Waals surface area contributed by atoms with E-state index in [4.69, 9.17) is 0 Å². The molecule has 2 aliphatic rings. The molecule has 2 aliphatic heterocycles. The first-order valence-electron chi connectivity index (χ1n) is 8.25. The molecular weight excluding hydrogens is 388 g/mol. The molecule has 26 heavy (non-hydrogen) atoms. The Hall–Kier alpha value is -1.30. The summed E-state index contributed by atoms with van der Waals surface area (Å²) in [5.41, 5.74) is -0.0116. The highest BCUT2D eigenvalue weighted by Crippen LogP contribution is 2.43. The van der Waals surface area contributed by atoms with E-state index in [1.165, 1.54) is 5.38 Å². The molecule has 1 aromatic heterocycles. The van der Waals surface area contributed by atoms with E-state index < -0.39 is 40.9 Å². The normalized spacial score (nSPS) is 26.5. The Morgan fingerprint density at radius 1 is 1.38 bits per heavy atom. The Morgan fingerprint density at radius 2 is 2.04 bits per heavy atom. The Bertz CT molecular complexity index is 703. The fraction of sp³-hybridized carbons (Fsp3) is 0.667. The maximum Gasteiger partial charge on any atom is 0.280 e. The molecule has 0 aromatic carbocycles. The van der Waals surface area contributed by atoms with Crippen molar-refractivity contribution in [2.24, 2.45) is 0 Å². The molecule has 1 aromatic rings. The van der Waals surface area contributed by atoms with Crippen molar-refractivity contribution in [1.82, 2.24) is 15.2 Å². The molecule has 1 atom stereocenters. The van der Waals surface area contributed by atoms with Gasteiger partial charge in [0.25, 0.3) is 17.7 Å². The monoisotopic (exact) mass is 409 g/mol. The number of likely N-dealkylation sites (tertiary alicyclic amines) is 1. The summed E-state index contributed by atoms with van der Waals surface area (Å²) in [6.45, 7) is 0.923. The molecule has 0 bridgehead atoms. The third-order valence-electron chi connectivity index (χ3n) is 4.63. The number of halogens is 2. The van der Waals surface area contributed by atoms with E-state index in [-0.39, 0.29) is 34.7 Å². The number of aromatic nitrogens is 1. The van der Waals surface area contributed by atoms with Crippen LogP contribution in [-0.4, -0.2) is 66.9 Å². The summed E-state index contributed by atoms with van der Waals surface area (Å²) >= 11 is 0.983. The van der Waals surface area contributed by atoms with Crippen LogP contribution in [0, 0.1) is 0 Å². The lowest BCUT2D eigenvalue weighted by Crippen LogP contribution is -2.40. The zero-order chi connectivity index (χ0) is 19.1. The molecule has 2 saturated heterocycles. The summed E-state index contributed by atoms with van der Waals surface area (Å²) in [5.74, 6) is -3.45. The fourth-order valence-electron chi connectivity index (χ4n) is 3.21. The maximum atomic E-state index is 13.5. The summed E-state index contributed by atoms with van der Waals surface area (Å²) in [6.07, 6.45) is 0.550. The van der Waals surface area contributed by atoms with Crippen molar-refractivity contribution in [3.63, 3.8) is 0 Å². The number of carbonyl (C=O) groups is 2. The Balaban J connectivity index is 1.61. The first-order valence-corrected chi connectivity index (χ1v) is 11.0. The minimum absolute atomic E-state index is 0.0116. The van der Waals surface area contributed by atoms with Gasteiger partial charge >= 0.3 is 0 Å². The molecule has 3 N–H and O–H groups in total. The van der Waals surface area contributed by atoms with Crippen molar-refractivity contribution >= 4 is 33.7 Å². The van der Waals surface area contributed by atoms with E-state index in [2.05, 4.69) is 10.3 Å².